The number of aryl methyl sites for hydroxylation is 1. The van der Waals surface area contributed by atoms with E-state index in [0.29, 0.717) is 25.3 Å². The summed E-state index contributed by atoms with van der Waals surface area (Å²) in [5.41, 5.74) is 0. The second kappa shape index (κ2) is 7.32. The fraction of sp³-hybridized carbons (Fsp3) is 0.385. The fourth-order valence-corrected chi connectivity index (χ4v) is 1.32. The Morgan fingerprint density at radius 1 is 1.28 bits per heavy atom. The van der Waals surface area contributed by atoms with Gasteiger partial charge in [0.25, 0.3) is 0 Å². The highest BCUT2D eigenvalue weighted by Gasteiger charge is 1.97. The number of nitrogens with one attached hydrogen (secondary N) is 2. The minimum Gasteiger partial charge on any atom is -0.462 e. The molecular weight excluding hydrogens is 232 g/mol. The van der Waals surface area contributed by atoms with Crippen molar-refractivity contribution in [1.82, 2.24) is 10.6 Å². The monoisotopic (exact) mass is 250 g/mol. The molecule has 0 aliphatic carbocycles. The standard InChI is InChI=1S/C13H18N2O3/c1-10-4-5-12(18-10)6-7-13(17)15-9-3-8-14-11(2)16/h4-7H,3,8-9H2,1-2H3,(H,14,16)(H,15,17)/b7-6+. The van der Waals surface area contributed by atoms with Gasteiger partial charge in [0.2, 0.25) is 11.8 Å². The molecule has 0 atom stereocenters. The summed E-state index contributed by atoms with van der Waals surface area (Å²) in [6.45, 7) is 4.41. The molecule has 0 aliphatic rings. The van der Waals surface area contributed by atoms with Gasteiger partial charge in [-0.2, -0.15) is 0 Å². The van der Waals surface area contributed by atoms with Gasteiger partial charge in [0, 0.05) is 26.1 Å². The first kappa shape index (κ1) is 14.0. The van der Waals surface area contributed by atoms with E-state index in [9.17, 15) is 9.59 Å². The van der Waals surface area contributed by atoms with E-state index < -0.39 is 0 Å². The van der Waals surface area contributed by atoms with E-state index in [0.717, 1.165) is 5.76 Å². The van der Waals surface area contributed by atoms with Gasteiger partial charge in [-0.15, -0.1) is 0 Å². The van der Waals surface area contributed by atoms with Crippen LogP contribution < -0.4 is 10.6 Å². The SMILES string of the molecule is CC(=O)NCCCNC(=O)/C=C/c1ccc(C)o1. The number of carbonyl (C=O) groups excluding carboxylic acids is 2. The Morgan fingerprint density at radius 2 is 2.00 bits per heavy atom. The van der Waals surface area contributed by atoms with E-state index in [-0.39, 0.29) is 11.8 Å². The Labute approximate surface area is 106 Å². The van der Waals surface area contributed by atoms with Gasteiger partial charge in [-0.1, -0.05) is 0 Å². The number of hydrogen-bond donors (Lipinski definition) is 2. The van der Waals surface area contributed by atoms with E-state index >= 15 is 0 Å². The molecule has 0 aromatic carbocycles. The highest BCUT2D eigenvalue weighted by Crippen LogP contribution is 2.07. The van der Waals surface area contributed by atoms with Crippen LogP contribution in [0.5, 0.6) is 0 Å². The van der Waals surface area contributed by atoms with E-state index in [1.165, 1.54) is 13.0 Å². The summed E-state index contributed by atoms with van der Waals surface area (Å²) in [4.78, 5) is 22.0. The van der Waals surface area contributed by atoms with Crippen molar-refractivity contribution in [3.05, 3.63) is 29.7 Å². The molecule has 0 aliphatic heterocycles. The van der Waals surface area contributed by atoms with Gasteiger partial charge >= 0.3 is 0 Å². The maximum absolute atomic E-state index is 11.4. The molecule has 0 saturated carbocycles. The molecule has 0 spiro atoms. The molecule has 2 amide bonds. The third-order valence-corrected chi connectivity index (χ3v) is 2.19. The largest absolute Gasteiger partial charge is 0.462 e. The van der Waals surface area contributed by atoms with Crippen LogP contribution in [0.25, 0.3) is 6.08 Å². The summed E-state index contributed by atoms with van der Waals surface area (Å²) < 4.78 is 5.29. The first-order valence-electron chi connectivity index (χ1n) is 5.84. The van der Waals surface area contributed by atoms with E-state index in [4.69, 9.17) is 4.42 Å². The van der Waals surface area contributed by atoms with Gasteiger partial charge < -0.3 is 15.1 Å². The van der Waals surface area contributed by atoms with Gasteiger partial charge in [-0.25, -0.2) is 0 Å². The van der Waals surface area contributed by atoms with Crippen molar-refractivity contribution in [3.8, 4) is 0 Å². The van der Waals surface area contributed by atoms with Gasteiger partial charge in [0.15, 0.2) is 0 Å². The summed E-state index contributed by atoms with van der Waals surface area (Å²) >= 11 is 0. The molecular formula is C13H18N2O3. The first-order chi connectivity index (χ1) is 8.58. The molecule has 0 saturated heterocycles. The van der Waals surface area contributed by atoms with Crippen LogP contribution in [-0.4, -0.2) is 24.9 Å². The van der Waals surface area contributed by atoms with Crippen molar-refractivity contribution in [2.75, 3.05) is 13.1 Å². The molecule has 1 aromatic rings. The van der Waals surface area contributed by atoms with Crippen LogP contribution in [0.2, 0.25) is 0 Å². The highest BCUT2D eigenvalue weighted by atomic mass is 16.3. The van der Waals surface area contributed by atoms with Gasteiger partial charge in [0.05, 0.1) is 0 Å². The van der Waals surface area contributed by atoms with Gasteiger partial charge in [-0.3, -0.25) is 9.59 Å². The molecule has 0 fully saturated rings. The van der Waals surface area contributed by atoms with Crippen molar-refractivity contribution in [2.24, 2.45) is 0 Å². The molecule has 1 heterocycles. The van der Waals surface area contributed by atoms with Crippen LogP contribution in [0.1, 0.15) is 24.9 Å². The van der Waals surface area contributed by atoms with E-state index in [2.05, 4.69) is 10.6 Å². The predicted octanol–water partition coefficient (Wildman–Crippen LogP) is 1.24. The zero-order chi connectivity index (χ0) is 13.4. The predicted molar refractivity (Wildman–Crippen MR) is 68.8 cm³/mol. The van der Waals surface area contributed by atoms with Crippen LogP contribution in [0, 0.1) is 6.92 Å². The Balaban J connectivity index is 2.17. The zero-order valence-corrected chi connectivity index (χ0v) is 10.7. The minimum atomic E-state index is -0.174. The molecule has 18 heavy (non-hydrogen) atoms. The number of rotatable bonds is 6. The van der Waals surface area contributed by atoms with Crippen molar-refractivity contribution in [2.45, 2.75) is 20.3 Å². The summed E-state index contributed by atoms with van der Waals surface area (Å²) in [6.07, 6.45) is 3.76. The number of hydrogen-bond acceptors (Lipinski definition) is 3. The number of amides is 2. The second-order valence-corrected chi connectivity index (χ2v) is 3.91. The maximum atomic E-state index is 11.4. The molecule has 0 bridgehead atoms. The van der Waals surface area contributed by atoms with Crippen molar-refractivity contribution in [1.29, 1.82) is 0 Å². The number of carbonyl (C=O) groups is 2. The molecule has 5 nitrogen and oxygen atoms in total. The quantitative estimate of drug-likeness (QED) is 0.589. The lowest BCUT2D eigenvalue weighted by atomic mass is 10.3. The Morgan fingerprint density at radius 3 is 2.61 bits per heavy atom. The van der Waals surface area contributed by atoms with Crippen LogP contribution in [0.3, 0.4) is 0 Å². The Kier molecular flexibility index (Phi) is 5.70. The van der Waals surface area contributed by atoms with E-state index in [1.807, 2.05) is 13.0 Å². The molecule has 1 rings (SSSR count). The third kappa shape index (κ3) is 5.89. The molecule has 5 heteroatoms. The average molecular weight is 250 g/mol. The summed E-state index contributed by atoms with van der Waals surface area (Å²) in [5, 5.41) is 5.37. The second-order valence-electron chi connectivity index (χ2n) is 3.91. The van der Waals surface area contributed by atoms with Crippen LogP contribution >= 0.6 is 0 Å². The maximum Gasteiger partial charge on any atom is 0.244 e. The Hall–Kier alpha value is -2.04. The average Bonchev–Trinajstić information content (AvgIpc) is 2.71. The van der Waals surface area contributed by atoms with Crippen molar-refractivity contribution < 1.29 is 14.0 Å². The number of furan rings is 1. The van der Waals surface area contributed by atoms with Crippen LogP contribution in [-0.2, 0) is 9.59 Å². The first-order valence-corrected chi connectivity index (χ1v) is 5.84. The fourth-order valence-electron chi connectivity index (χ4n) is 1.32. The zero-order valence-electron chi connectivity index (χ0n) is 10.7. The van der Waals surface area contributed by atoms with Crippen LogP contribution in [0.15, 0.2) is 22.6 Å². The lowest BCUT2D eigenvalue weighted by Gasteiger charge is -2.02. The topological polar surface area (TPSA) is 71.3 Å². The lowest BCUT2D eigenvalue weighted by molar-refractivity contribution is -0.119. The summed E-state index contributed by atoms with van der Waals surface area (Å²) in [6, 6.07) is 3.64. The molecule has 0 radical (unpaired) electrons. The smallest absolute Gasteiger partial charge is 0.244 e. The molecule has 0 unspecified atom stereocenters. The van der Waals surface area contributed by atoms with Gasteiger partial charge in [0.1, 0.15) is 11.5 Å². The summed E-state index contributed by atoms with van der Waals surface area (Å²) in [5.74, 6) is 1.23. The Bertz CT molecular complexity index is 435. The van der Waals surface area contributed by atoms with Crippen molar-refractivity contribution in [3.63, 3.8) is 0 Å². The lowest BCUT2D eigenvalue weighted by Crippen LogP contribution is -2.27. The van der Waals surface area contributed by atoms with Crippen LogP contribution in [0.4, 0.5) is 0 Å². The minimum absolute atomic E-state index is 0.0607. The normalized spacial score (nSPS) is 10.6. The highest BCUT2D eigenvalue weighted by molar-refractivity contribution is 5.91. The van der Waals surface area contributed by atoms with E-state index in [1.54, 1.807) is 12.1 Å². The summed E-state index contributed by atoms with van der Waals surface area (Å²) in [7, 11) is 0. The molecule has 1 aromatic heterocycles. The molecule has 2 N–H and O–H groups in total. The third-order valence-electron chi connectivity index (χ3n) is 2.19. The van der Waals surface area contributed by atoms with Crippen molar-refractivity contribution >= 4 is 17.9 Å². The molecule has 98 valence electrons. The van der Waals surface area contributed by atoms with Gasteiger partial charge in [-0.05, 0) is 31.6 Å².